The highest BCUT2D eigenvalue weighted by Gasteiger charge is 2.15. The van der Waals surface area contributed by atoms with Crippen LogP contribution in [0.5, 0.6) is 5.75 Å². The van der Waals surface area contributed by atoms with Crippen molar-refractivity contribution in [1.29, 1.82) is 0 Å². The molecule has 0 amide bonds. The Balaban J connectivity index is 2.02. The highest BCUT2D eigenvalue weighted by atomic mass is 16.5. The van der Waals surface area contributed by atoms with Gasteiger partial charge in [-0.05, 0) is 55.9 Å². The van der Waals surface area contributed by atoms with E-state index >= 15 is 0 Å². The average molecular weight is 314 g/mol. The second-order valence-corrected chi connectivity index (χ2v) is 5.98. The highest BCUT2D eigenvalue weighted by Crippen LogP contribution is 2.21. The van der Waals surface area contributed by atoms with Crippen LogP contribution in [0, 0.1) is 13.8 Å². The molecule has 0 fully saturated rings. The van der Waals surface area contributed by atoms with Crippen LogP contribution in [-0.2, 0) is 6.42 Å². The van der Waals surface area contributed by atoms with Gasteiger partial charge in [0.25, 0.3) is 5.91 Å². The van der Waals surface area contributed by atoms with Crippen molar-refractivity contribution >= 4 is 5.91 Å². The Labute approximate surface area is 138 Å². The Kier molecular flexibility index (Phi) is 5.59. The van der Waals surface area contributed by atoms with Gasteiger partial charge in [-0.15, -0.1) is 0 Å². The van der Waals surface area contributed by atoms with Crippen molar-refractivity contribution in [1.82, 2.24) is 9.78 Å². The molecule has 0 radical (unpaired) electrons. The third-order valence-corrected chi connectivity index (χ3v) is 4.45. The third kappa shape index (κ3) is 3.81. The lowest BCUT2D eigenvalue weighted by Crippen LogP contribution is -2.21. The molecule has 0 aliphatic carbocycles. The van der Waals surface area contributed by atoms with Gasteiger partial charge in [0, 0.05) is 5.69 Å². The van der Waals surface area contributed by atoms with E-state index in [1.165, 1.54) is 10.2 Å². The molecule has 2 aromatic rings. The first kappa shape index (κ1) is 17.3. The van der Waals surface area contributed by atoms with Gasteiger partial charge in [-0.1, -0.05) is 32.9 Å². The molecule has 0 bridgehead atoms. The number of aromatic nitrogens is 2. The fraction of sp³-hybridized carbons (Fsp3) is 0.474. The maximum Gasteiger partial charge on any atom is 0.284 e. The second kappa shape index (κ2) is 7.44. The van der Waals surface area contributed by atoms with Crippen molar-refractivity contribution in [2.75, 3.05) is 6.61 Å². The fourth-order valence-electron chi connectivity index (χ4n) is 2.76. The van der Waals surface area contributed by atoms with E-state index in [0.717, 1.165) is 29.8 Å². The zero-order chi connectivity index (χ0) is 17.0. The molecular weight excluding hydrogens is 288 g/mol. The normalized spacial score (nSPS) is 12.2. The van der Waals surface area contributed by atoms with Crippen LogP contribution in [0.3, 0.4) is 0 Å². The van der Waals surface area contributed by atoms with E-state index in [-0.39, 0.29) is 12.5 Å². The van der Waals surface area contributed by atoms with E-state index < -0.39 is 0 Å². The molecule has 1 unspecified atom stereocenters. The topological polar surface area (TPSA) is 44.1 Å². The summed E-state index contributed by atoms with van der Waals surface area (Å²) in [5, 5.41) is 4.33. The number of aryl methyl sites for hydroxylation is 1. The van der Waals surface area contributed by atoms with Gasteiger partial charge in [0.1, 0.15) is 5.75 Å². The van der Waals surface area contributed by atoms with Gasteiger partial charge < -0.3 is 4.74 Å². The van der Waals surface area contributed by atoms with E-state index in [0.29, 0.717) is 11.7 Å². The molecule has 4 nitrogen and oxygen atoms in total. The predicted molar refractivity (Wildman–Crippen MR) is 92.3 cm³/mol. The molecule has 0 aliphatic rings. The minimum atomic E-state index is -0.142. The van der Waals surface area contributed by atoms with Crippen molar-refractivity contribution in [3.8, 4) is 5.75 Å². The number of nitrogens with zero attached hydrogens (tertiary/aromatic N) is 2. The zero-order valence-corrected chi connectivity index (χ0v) is 14.7. The molecule has 0 saturated heterocycles. The van der Waals surface area contributed by atoms with E-state index in [1.807, 2.05) is 26.0 Å². The van der Waals surface area contributed by atoms with Gasteiger partial charge in [-0.25, -0.2) is 4.68 Å². The van der Waals surface area contributed by atoms with E-state index in [2.05, 4.69) is 38.0 Å². The summed E-state index contributed by atoms with van der Waals surface area (Å²) in [7, 11) is 0. The van der Waals surface area contributed by atoms with Crippen LogP contribution < -0.4 is 4.74 Å². The van der Waals surface area contributed by atoms with Crippen molar-refractivity contribution in [3.05, 3.63) is 46.8 Å². The van der Waals surface area contributed by atoms with Crippen LogP contribution in [0.2, 0.25) is 0 Å². The van der Waals surface area contributed by atoms with Crippen LogP contribution in [0.1, 0.15) is 60.4 Å². The van der Waals surface area contributed by atoms with Crippen LogP contribution >= 0.6 is 0 Å². The average Bonchev–Trinajstić information content (AvgIpc) is 2.86. The number of carbonyl (C=O) groups is 1. The summed E-state index contributed by atoms with van der Waals surface area (Å²) in [6.45, 7) is 10.3. The van der Waals surface area contributed by atoms with Crippen molar-refractivity contribution in [2.45, 2.75) is 53.4 Å². The number of hydrogen-bond donors (Lipinski definition) is 0. The molecule has 1 atom stereocenters. The van der Waals surface area contributed by atoms with Crippen LogP contribution in [-0.4, -0.2) is 22.3 Å². The van der Waals surface area contributed by atoms with E-state index in [9.17, 15) is 4.79 Å². The highest BCUT2D eigenvalue weighted by molar-refractivity contribution is 5.80. The van der Waals surface area contributed by atoms with Gasteiger partial charge in [0.15, 0.2) is 6.61 Å². The summed E-state index contributed by atoms with van der Waals surface area (Å²) < 4.78 is 7.08. The second-order valence-electron chi connectivity index (χ2n) is 5.98. The minimum absolute atomic E-state index is 0.00616. The standard InChI is InChI=1S/C19H26N2O2/c1-6-13(3)16-8-10-17(11-9-16)23-12-19(22)21-15(5)18(7-2)14(4)20-21/h8-11,13H,6-7,12H2,1-5H3. The van der Waals surface area contributed by atoms with Gasteiger partial charge in [-0.2, -0.15) is 5.10 Å². The number of carbonyl (C=O) groups excluding carboxylic acids is 1. The molecule has 1 aromatic heterocycles. The molecule has 1 aromatic carbocycles. The predicted octanol–water partition coefficient (Wildman–Crippen LogP) is 4.30. The monoisotopic (exact) mass is 314 g/mol. The number of benzene rings is 1. The number of rotatable bonds is 6. The molecule has 0 saturated carbocycles. The lowest BCUT2D eigenvalue weighted by molar-refractivity contribution is 0.0818. The molecule has 0 N–H and O–H groups in total. The van der Waals surface area contributed by atoms with Crippen LogP contribution in [0.4, 0.5) is 0 Å². The zero-order valence-electron chi connectivity index (χ0n) is 14.7. The summed E-state index contributed by atoms with van der Waals surface area (Å²) in [6.07, 6.45) is 1.99. The quantitative estimate of drug-likeness (QED) is 0.798. The Morgan fingerprint density at radius 2 is 1.87 bits per heavy atom. The molecule has 0 spiro atoms. The summed E-state index contributed by atoms with van der Waals surface area (Å²) in [6, 6.07) is 7.97. The first-order valence-corrected chi connectivity index (χ1v) is 8.28. The van der Waals surface area contributed by atoms with Crippen LogP contribution in [0.15, 0.2) is 24.3 Å². The Hall–Kier alpha value is -2.10. The van der Waals surface area contributed by atoms with Crippen molar-refractivity contribution in [2.24, 2.45) is 0 Å². The maximum atomic E-state index is 12.3. The molecule has 1 heterocycles. The largest absolute Gasteiger partial charge is 0.484 e. The Morgan fingerprint density at radius 3 is 2.39 bits per heavy atom. The van der Waals surface area contributed by atoms with Crippen molar-refractivity contribution in [3.63, 3.8) is 0 Å². The summed E-state index contributed by atoms with van der Waals surface area (Å²) in [5.41, 5.74) is 4.25. The van der Waals surface area contributed by atoms with E-state index in [1.54, 1.807) is 0 Å². The first-order chi connectivity index (χ1) is 11.0. The summed E-state index contributed by atoms with van der Waals surface area (Å²) >= 11 is 0. The molecule has 4 heteroatoms. The smallest absolute Gasteiger partial charge is 0.284 e. The van der Waals surface area contributed by atoms with Gasteiger partial charge >= 0.3 is 0 Å². The fourth-order valence-corrected chi connectivity index (χ4v) is 2.76. The first-order valence-electron chi connectivity index (χ1n) is 8.28. The van der Waals surface area contributed by atoms with Crippen LogP contribution in [0.25, 0.3) is 0 Å². The number of hydrogen-bond acceptors (Lipinski definition) is 3. The van der Waals surface area contributed by atoms with Gasteiger partial charge in [0.2, 0.25) is 0 Å². The lowest BCUT2D eigenvalue weighted by Gasteiger charge is -2.11. The Bertz CT molecular complexity index is 671. The lowest BCUT2D eigenvalue weighted by atomic mass is 9.99. The summed E-state index contributed by atoms with van der Waals surface area (Å²) in [4.78, 5) is 12.3. The molecular formula is C19H26N2O2. The SMILES string of the molecule is CCc1c(C)nn(C(=O)COc2ccc(C(C)CC)cc2)c1C. The number of ether oxygens (including phenoxy) is 1. The van der Waals surface area contributed by atoms with Crippen molar-refractivity contribution < 1.29 is 9.53 Å². The molecule has 23 heavy (non-hydrogen) atoms. The third-order valence-electron chi connectivity index (χ3n) is 4.45. The minimum Gasteiger partial charge on any atom is -0.484 e. The summed E-state index contributed by atoms with van der Waals surface area (Å²) in [5.74, 6) is 1.10. The van der Waals surface area contributed by atoms with Gasteiger partial charge in [-0.3, -0.25) is 4.79 Å². The molecule has 0 aliphatic heterocycles. The Morgan fingerprint density at radius 1 is 1.22 bits per heavy atom. The van der Waals surface area contributed by atoms with E-state index in [4.69, 9.17) is 4.74 Å². The maximum absolute atomic E-state index is 12.3. The van der Waals surface area contributed by atoms with Gasteiger partial charge in [0.05, 0.1) is 5.69 Å². The molecule has 124 valence electrons. The molecule has 2 rings (SSSR count).